The Morgan fingerprint density at radius 2 is 1.65 bits per heavy atom. The molecule has 2 aromatic carbocycles. The van der Waals surface area contributed by atoms with Crippen molar-refractivity contribution in [2.75, 3.05) is 12.5 Å². The summed E-state index contributed by atoms with van der Waals surface area (Å²) in [5.41, 5.74) is -0.720. The van der Waals surface area contributed by atoms with E-state index in [9.17, 15) is 26.6 Å². The Hall–Kier alpha value is -2.25. The van der Waals surface area contributed by atoms with Gasteiger partial charge in [-0.2, -0.15) is 10.2 Å². The zero-order chi connectivity index (χ0) is 28.1. The first kappa shape index (κ1) is 29.3. The van der Waals surface area contributed by atoms with Crippen LogP contribution >= 0.6 is 21.8 Å². The number of rotatable bonds is 7. The zero-order valence-electron chi connectivity index (χ0n) is 20.5. The summed E-state index contributed by atoms with van der Waals surface area (Å²) in [6.07, 6.45) is -0.607. The fourth-order valence-electron chi connectivity index (χ4n) is 3.13. The lowest BCUT2D eigenvalue weighted by Gasteiger charge is -2.52. The summed E-state index contributed by atoms with van der Waals surface area (Å²) < 4.78 is 98.7. The van der Waals surface area contributed by atoms with E-state index in [4.69, 9.17) is 21.1 Å². The van der Waals surface area contributed by atoms with E-state index >= 15 is 4.39 Å². The van der Waals surface area contributed by atoms with Crippen LogP contribution in [0.5, 0.6) is 17.2 Å². The van der Waals surface area contributed by atoms with Crippen molar-refractivity contribution in [3.63, 3.8) is 0 Å². The van der Waals surface area contributed by atoms with Gasteiger partial charge in [0.15, 0.2) is 11.6 Å². The summed E-state index contributed by atoms with van der Waals surface area (Å²) in [5, 5.41) is -1.04. The third-order valence-corrected chi connectivity index (χ3v) is 14.0. The predicted octanol–water partition coefficient (Wildman–Crippen LogP) is 7.65. The Balaban J connectivity index is 1.97. The van der Waals surface area contributed by atoms with Crippen molar-refractivity contribution < 1.29 is 40.4 Å². The molecular weight excluding hydrogens is 563 g/mol. The van der Waals surface area contributed by atoms with E-state index in [1.807, 2.05) is 20.8 Å². The number of hydrogen-bond donors (Lipinski definition) is 1. The Kier molecular flexibility index (Phi) is 7.77. The van der Waals surface area contributed by atoms with Gasteiger partial charge >= 0.3 is 6.36 Å². The number of nitrogens with zero attached hydrogens (tertiary/aromatic N) is 1. The summed E-state index contributed by atoms with van der Waals surface area (Å²) in [5.74, 6) is -5.03. The van der Waals surface area contributed by atoms with Crippen LogP contribution < -0.4 is 9.47 Å². The number of amides is 1. The van der Waals surface area contributed by atoms with Crippen molar-refractivity contribution in [3.05, 3.63) is 52.6 Å². The highest BCUT2D eigenvalue weighted by Gasteiger charge is 2.48. The van der Waals surface area contributed by atoms with Gasteiger partial charge in [0.2, 0.25) is 0 Å². The van der Waals surface area contributed by atoms with Crippen LogP contribution in [0.15, 0.2) is 30.3 Å². The molecule has 1 N–H and O–H groups in total. The lowest BCUT2D eigenvalue weighted by Crippen LogP contribution is -2.46. The molecule has 0 bridgehead atoms. The number of halogens is 6. The Bertz CT molecular complexity index is 1320. The second kappa shape index (κ2) is 9.81. The van der Waals surface area contributed by atoms with E-state index in [0.29, 0.717) is 25.0 Å². The standard InChI is InChI=1S/C23H26ClF5N2O4S2/c1-22(2,3)36(4,5)31(37(30,33)14-7-8-14)21(32)15-11-18(26)20(12-17(15)25)34-13-6-9-19(16(24)10-13)35-23(27,28)29/h6,9-12,14,30H,7-8H2,1-5H3. The van der Waals surface area contributed by atoms with Crippen LogP contribution in [0.3, 0.4) is 0 Å². The van der Waals surface area contributed by atoms with Gasteiger partial charge in [0, 0.05) is 16.9 Å². The topological polar surface area (TPSA) is 79.7 Å². The lowest BCUT2D eigenvalue weighted by atomic mass is 10.2. The molecule has 0 aliphatic heterocycles. The monoisotopic (exact) mass is 588 g/mol. The van der Waals surface area contributed by atoms with E-state index in [2.05, 4.69) is 4.74 Å². The van der Waals surface area contributed by atoms with Gasteiger partial charge in [-0.25, -0.2) is 21.5 Å². The highest BCUT2D eigenvalue weighted by atomic mass is 35.5. The highest BCUT2D eigenvalue weighted by molar-refractivity contribution is 8.36. The number of carbonyl (C=O) groups is 1. The van der Waals surface area contributed by atoms with Crippen molar-refractivity contribution in [1.82, 2.24) is 3.71 Å². The normalized spacial score (nSPS) is 16.6. The molecule has 1 atom stereocenters. The molecule has 1 saturated carbocycles. The van der Waals surface area contributed by atoms with Crippen molar-refractivity contribution in [2.24, 2.45) is 0 Å². The SMILES string of the molecule is CC(C)(C)S(C)(C)N(C(=O)c1cc(F)c(Oc2ccc(OC(F)(F)F)c(Cl)c2)cc1F)S(=N)(=O)C1CC1. The van der Waals surface area contributed by atoms with Crippen molar-refractivity contribution in [3.8, 4) is 17.2 Å². The summed E-state index contributed by atoms with van der Waals surface area (Å²) in [4.78, 5) is 13.5. The van der Waals surface area contributed by atoms with E-state index in [-0.39, 0.29) is 5.75 Å². The van der Waals surface area contributed by atoms with E-state index in [1.54, 1.807) is 12.5 Å². The van der Waals surface area contributed by atoms with Crippen molar-refractivity contribution in [1.29, 1.82) is 4.78 Å². The molecule has 6 nitrogen and oxygen atoms in total. The van der Waals surface area contributed by atoms with Crippen LogP contribution in [0.4, 0.5) is 22.0 Å². The number of carbonyl (C=O) groups excluding carboxylic acids is 1. The van der Waals surface area contributed by atoms with Gasteiger partial charge in [-0.3, -0.25) is 4.79 Å². The molecule has 3 rings (SSSR count). The molecule has 2 aromatic rings. The molecule has 0 saturated heterocycles. The molecule has 1 aliphatic carbocycles. The van der Waals surface area contributed by atoms with Gasteiger partial charge in [0.05, 0.1) is 15.8 Å². The number of hydrogen-bond acceptors (Lipinski definition) is 5. The molecular formula is C23H26ClF5N2O4S2. The molecule has 1 amide bonds. The van der Waals surface area contributed by atoms with Crippen LogP contribution in [0.2, 0.25) is 5.02 Å². The maximum atomic E-state index is 15.2. The first-order chi connectivity index (χ1) is 16.8. The highest BCUT2D eigenvalue weighted by Crippen LogP contribution is 2.59. The first-order valence-corrected chi connectivity index (χ1v) is 15.2. The molecule has 206 valence electrons. The summed E-state index contributed by atoms with van der Waals surface area (Å²) in [6, 6.07) is 3.95. The van der Waals surface area contributed by atoms with Crippen LogP contribution in [0, 0.1) is 16.4 Å². The maximum absolute atomic E-state index is 15.2. The van der Waals surface area contributed by atoms with Gasteiger partial charge in [-0.15, -0.1) is 13.2 Å². The number of ether oxygens (including phenoxy) is 2. The van der Waals surface area contributed by atoms with Gasteiger partial charge in [-0.1, -0.05) is 32.4 Å². The second-order valence-corrected chi connectivity index (χ2v) is 16.7. The fourth-order valence-corrected chi connectivity index (χ4v) is 8.99. The van der Waals surface area contributed by atoms with Gasteiger partial charge < -0.3 is 9.47 Å². The average Bonchev–Trinajstić information content (AvgIpc) is 3.56. The van der Waals surface area contributed by atoms with Gasteiger partial charge in [0.25, 0.3) is 5.91 Å². The lowest BCUT2D eigenvalue weighted by molar-refractivity contribution is -0.274. The largest absolute Gasteiger partial charge is 0.573 e. The maximum Gasteiger partial charge on any atom is 0.573 e. The van der Waals surface area contributed by atoms with E-state index in [0.717, 1.165) is 21.9 Å². The number of nitrogens with one attached hydrogen (secondary N) is 1. The number of alkyl halides is 3. The fraction of sp³-hybridized carbons (Fsp3) is 0.435. The molecule has 0 aromatic heterocycles. The van der Waals surface area contributed by atoms with Gasteiger partial charge in [0.1, 0.15) is 27.2 Å². The van der Waals surface area contributed by atoms with Crippen molar-refractivity contribution >= 4 is 37.6 Å². The average molecular weight is 589 g/mol. The molecule has 1 fully saturated rings. The Morgan fingerprint density at radius 1 is 1.05 bits per heavy atom. The smallest absolute Gasteiger partial charge is 0.454 e. The van der Waals surface area contributed by atoms with Crippen LogP contribution in [0.25, 0.3) is 0 Å². The summed E-state index contributed by atoms with van der Waals surface area (Å²) in [7, 11) is -5.90. The molecule has 14 heteroatoms. The molecule has 1 unspecified atom stereocenters. The van der Waals surface area contributed by atoms with E-state index < -0.39 is 76.1 Å². The Morgan fingerprint density at radius 3 is 2.14 bits per heavy atom. The summed E-state index contributed by atoms with van der Waals surface area (Å²) >= 11 is 5.76. The Labute approximate surface area is 218 Å². The van der Waals surface area contributed by atoms with Crippen LogP contribution in [0.1, 0.15) is 44.0 Å². The van der Waals surface area contributed by atoms with Crippen molar-refractivity contribution in [2.45, 2.75) is 50.0 Å². The molecule has 37 heavy (non-hydrogen) atoms. The third kappa shape index (κ3) is 6.26. The van der Waals surface area contributed by atoms with E-state index in [1.165, 1.54) is 0 Å². The first-order valence-electron chi connectivity index (χ1n) is 10.8. The zero-order valence-corrected chi connectivity index (χ0v) is 22.9. The quantitative estimate of drug-likeness (QED) is 0.337. The van der Waals surface area contributed by atoms with Crippen LogP contribution in [-0.2, 0) is 9.92 Å². The second-order valence-electron chi connectivity index (χ2n) is 9.72. The molecule has 0 radical (unpaired) electrons. The minimum Gasteiger partial charge on any atom is -0.454 e. The molecule has 0 heterocycles. The molecule has 0 spiro atoms. The van der Waals surface area contributed by atoms with Crippen LogP contribution in [-0.4, -0.2) is 42.7 Å². The molecule has 1 aliphatic rings. The minimum absolute atomic E-state index is 0.222. The number of benzene rings is 2. The summed E-state index contributed by atoms with van der Waals surface area (Å²) in [6.45, 7) is 5.44. The third-order valence-electron chi connectivity index (χ3n) is 5.91. The minimum atomic E-state index is -4.98. The van der Waals surface area contributed by atoms with Gasteiger partial charge in [-0.05, 0) is 43.6 Å². The predicted molar refractivity (Wildman–Crippen MR) is 134 cm³/mol.